The highest BCUT2D eigenvalue weighted by Gasteiger charge is 2.51. The number of hydrogen-bond acceptors (Lipinski definition) is 7. The Morgan fingerprint density at radius 2 is 1.58 bits per heavy atom. The van der Waals surface area contributed by atoms with Crippen LogP contribution >= 0.6 is 0 Å². The van der Waals surface area contributed by atoms with Crippen molar-refractivity contribution < 1.29 is 41.7 Å². The Balaban J connectivity index is 1.98. The van der Waals surface area contributed by atoms with Crippen LogP contribution in [0.4, 0.5) is 18.9 Å². The van der Waals surface area contributed by atoms with E-state index in [2.05, 4.69) is 10.3 Å². The van der Waals surface area contributed by atoms with Crippen LogP contribution in [0.1, 0.15) is 26.3 Å². The summed E-state index contributed by atoms with van der Waals surface area (Å²) in [5, 5.41) is 2.62. The molecule has 8 nitrogen and oxygen atoms in total. The van der Waals surface area contributed by atoms with Crippen molar-refractivity contribution in [3.8, 4) is 0 Å². The first-order valence-corrected chi connectivity index (χ1v) is 11.2. The van der Waals surface area contributed by atoms with Gasteiger partial charge in [-0.25, -0.2) is 4.99 Å². The predicted molar refractivity (Wildman–Crippen MR) is 123 cm³/mol. The van der Waals surface area contributed by atoms with Gasteiger partial charge in [0.25, 0.3) is 5.90 Å². The third kappa shape index (κ3) is 7.53. The number of aliphatic imine (C=N–C) groups is 1. The highest BCUT2D eigenvalue weighted by atomic mass is 19.4. The van der Waals surface area contributed by atoms with Crippen LogP contribution < -0.4 is 5.32 Å². The van der Waals surface area contributed by atoms with Crippen molar-refractivity contribution in [2.45, 2.75) is 64.2 Å². The Kier molecular flexibility index (Phi) is 9.05. The van der Waals surface area contributed by atoms with Crippen molar-refractivity contribution in [1.82, 2.24) is 5.32 Å². The summed E-state index contributed by atoms with van der Waals surface area (Å²) in [6.07, 6.45) is -9.89. The SMILES string of the molecule is CC(=O)N[C@H]1[C@@H](OC(C)=O)[C@@H](C)OC(OC(=Nc2ccccc2)C(F)(F)F)[C@@H]1OCc1ccccc1. The van der Waals surface area contributed by atoms with E-state index in [0.717, 1.165) is 5.56 Å². The number of carbonyl (C=O) groups is 2. The third-order valence-corrected chi connectivity index (χ3v) is 5.20. The average Bonchev–Trinajstić information content (AvgIpc) is 2.81. The number of esters is 1. The Labute approximate surface area is 206 Å². The number of benzene rings is 2. The number of ether oxygens (including phenoxy) is 4. The zero-order valence-electron chi connectivity index (χ0n) is 19.9. The molecule has 0 bridgehead atoms. The van der Waals surface area contributed by atoms with Crippen molar-refractivity contribution >= 4 is 23.5 Å². The van der Waals surface area contributed by atoms with E-state index in [1.54, 1.807) is 36.4 Å². The molecule has 5 atom stereocenters. The Morgan fingerprint density at radius 3 is 2.14 bits per heavy atom. The van der Waals surface area contributed by atoms with Gasteiger partial charge in [0, 0.05) is 13.8 Å². The molecule has 1 aliphatic heterocycles. The second-order valence-corrected chi connectivity index (χ2v) is 8.14. The molecule has 0 aromatic heterocycles. The van der Waals surface area contributed by atoms with Gasteiger partial charge in [0.2, 0.25) is 12.2 Å². The largest absolute Gasteiger partial charge is 0.468 e. The zero-order chi connectivity index (χ0) is 26.3. The molecule has 0 spiro atoms. The lowest BCUT2D eigenvalue weighted by molar-refractivity contribution is -0.268. The molecule has 1 amide bonds. The number of nitrogens with one attached hydrogen (secondary N) is 1. The topological polar surface area (TPSA) is 95.5 Å². The standard InChI is InChI=1S/C25H27F3N2O6/c1-15-21(35-17(3)32)20(29-16(2)31)22(33-14-18-10-6-4-7-11-18)23(34-15)36-24(25(26,27)28)30-19-12-8-5-9-13-19/h4-13,15,20-23H,14H2,1-3H3,(H,29,31)/t15-,20+,21+,22-,23?/m1/s1. The molecular formula is C25H27F3N2O6. The quantitative estimate of drug-likeness (QED) is 0.344. The number of para-hydroxylation sites is 1. The van der Waals surface area contributed by atoms with Gasteiger partial charge in [-0.15, -0.1) is 0 Å². The van der Waals surface area contributed by atoms with Crippen molar-refractivity contribution in [2.24, 2.45) is 4.99 Å². The second kappa shape index (κ2) is 12.0. The molecule has 1 N–H and O–H groups in total. The minimum Gasteiger partial charge on any atom is -0.457 e. The number of alkyl halides is 3. The summed E-state index contributed by atoms with van der Waals surface area (Å²) in [5.41, 5.74) is 0.737. The summed E-state index contributed by atoms with van der Waals surface area (Å²) in [7, 11) is 0. The number of nitrogens with zero attached hydrogens (tertiary/aromatic N) is 1. The van der Waals surface area contributed by atoms with Crippen LogP contribution in [0.3, 0.4) is 0 Å². The summed E-state index contributed by atoms with van der Waals surface area (Å²) >= 11 is 0. The van der Waals surface area contributed by atoms with Gasteiger partial charge in [-0.2, -0.15) is 13.2 Å². The van der Waals surface area contributed by atoms with Gasteiger partial charge in [0.05, 0.1) is 18.4 Å². The molecule has 1 aliphatic rings. The summed E-state index contributed by atoms with van der Waals surface area (Å²) in [6.45, 7) is 3.86. The molecule has 36 heavy (non-hydrogen) atoms. The van der Waals surface area contributed by atoms with Gasteiger partial charge in [-0.1, -0.05) is 48.5 Å². The van der Waals surface area contributed by atoms with Crippen LogP contribution in [0, 0.1) is 0 Å². The summed E-state index contributed by atoms with van der Waals surface area (Å²) in [5.74, 6) is -2.72. The van der Waals surface area contributed by atoms with Crippen molar-refractivity contribution in [1.29, 1.82) is 0 Å². The van der Waals surface area contributed by atoms with E-state index in [-0.39, 0.29) is 12.3 Å². The zero-order valence-corrected chi connectivity index (χ0v) is 19.9. The molecule has 1 saturated heterocycles. The molecule has 0 radical (unpaired) electrons. The number of rotatable bonds is 7. The molecule has 0 aliphatic carbocycles. The molecule has 11 heteroatoms. The first kappa shape index (κ1) is 27.2. The van der Waals surface area contributed by atoms with E-state index in [0.29, 0.717) is 0 Å². The monoisotopic (exact) mass is 508 g/mol. The predicted octanol–water partition coefficient (Wildman–Crippen LogP) is 4.06. The van der Waals surface area contributed by atoms with Gasteiger partial charge in [0.15, 0.2) is 6.10 Å². The highest BCUT2D eigenvalue weighted by molar-refractivity contribution is 5.84. The number of hydrogen-bond donors (Lipinski definition) is 1. The van der Waals surface area contributed by atoms with E-state index < -0.39 is 54.6 Å². The lowest BCUT2D eigenvalue weighted by Crippen LogP contribution is -2.65. The fourth-order valence-corrected chi connectivity index (χ4v) is 3.70. The molecule has 1 fully saturated rings. The normalized spacial score (nSPS) is 24.6. The van der Waals surface area contributed by atoms with Gasteiger partial charge in [0.1, 0.15) is 12.1 Å². The molecule has 0 saturated carbocycles. The number of carbonyl (C=O) groups excluding carboxylic acids is 2. The first-order valence-electron chi connectivity index (χ1n) is 11.2. The minimum absolute atomic E-state index is 0.0200. The van der Waals surface area contributed by atoms with Crippen LogP contribution in [-0.2, 0) is 35.1 Å². The molecule has 194 valence electrons. The lowest BCUT2D eigenvalue weighted by atomic mass is 9.96. The van der Waals surface area contributed by atoms with Crippen molar-refractivity contribution in [3.05, 3.63) is 66.2 Å². The molecule has 3 rings (SSSR count). The average molecular weight is 508 g/mol. The van der Waals surface area contributed by atoms with Gasteiger partial charge in [-0.3, -0.25) is 9.59 Å². The Hall–Kier alpha value is -3.44. The van der Waals surface area contributed by atoms with Gasteiger partial charge < -0.3 is 24.3 Å². The smallest absolute Gasteiger partial charge is 0.457 e. The molecule has 1 unspecified atom stereocenters. The Bertz CT molecular complexity index is 1050. The van der Waals surface area contributed by atoms with Crippen molar-refractivity contribution in [3.63, 3.8) is 0 Å². The van der Waals surface area contributed by atoms with Crippen LogP contribution in [0.5, 0.6) is 0 Å². The lowest BCUT2D eigenvalue weighted by Gasteiger charge is -2.44. The van der Waals surface area contributed by atoms with E-state index in [9.17, 15) is 22.8 Å². The first-order chi connectivity index (χ1) is 17.0. The maximum absolute atomic E-state index is 13.9. The molecular weight excluding hydrogens is 481 g/mol. The number of halogens is 3. The van der Waals surface area contributed by atoms with E-state index in [1.165, 1.54) is 45.0 Å². The Morgan fingerprint density at radius 1 is 0.972 bits per heavy atom. The van der Waals surface area contributed by atoms with Crippen LogP contribution in [0.2, 0.25) is 0 Å². The highest BCUT2D eigenvalue weighted by Crippen LogP contribution is 2.31. The maximum atomic E-state index is 13.9. The van der Waals surface area contributed by atoms with Gasteiger partial charge >= 0.3 is 12.1 Å². The summed E-state index contributed by atoms with van der Waals surface area (Å²) in [4.78, 5) is 27.4. The van der Waals surface area contributed by atoms with Crippen LogP contribution in [0.15, 0.2) is 65.7 Å². The molecule has 2 aromatic carbocycles. The van der Waals surface area contributed by atoms with Crippen LogP contribution in [-0.4, -0.2) is 54.6 Å². The van der Waals surface area contributed by atoms with E-state index >= 15 is 0 Å². The van der Waals surface area contributed by atoms with Crippen LogP contribution in [0.25, 0.3) is 0 Å². The summed E-state index contributed by atoms with van der Waals surface area (Å²) in [6, 6.07) is 15.3. The second-order valence-electron chi connectivity index (χ2n) is 8.14. The summed E-state index contributed by atoms with van der Waals surface area (Å²) < 4.78 is 64.0. The molecule has 2 aromatic rings. The maximum Gasteiger partial charge on any atom is 0.468 e. The minimum atomic E-state index is -4.96. The van der Waals surface area contributed by atoms with E-state index in [1.807, 2.05) is 0 Å². The fourth-order valence-electron chi connectivity index (χ4n) is 3.70. The molecule has 1 heterocycles. The number of amides is 1. The van der Waals surface area contributed by atoms with Gasteiger partial charge in [-0.05, 0) is 24.6 Å². The fraction of sp³-hybridized carbons (Fsp3) is 0.400. The van der Waals surface area contributed by atoms with Crippen molar-refractivity contribution in [2.75, 3.05) is 0 Å². The third-order valence-electron chi connectivity index (χ3n) is 5.20. The van der Waals surface area contributed by atoms with E-state index in [4.69, 9.17) is 18.9 Å².